The molecule has 4 atom stereocenters. The number of aliphatic hydroxyl groups is 1. The molecule has 1 aromatic rings. The van der Waals surface area contributed by atoms with E-state index in [4.69, 9.17) is 0 Å². The minimum Gasteiger partial charge on any atom is -0.391 e. The molecule has 3 aliphatic rings. The molecule has 148 valence electrons. The number of fused-ring (bicyclic) bond motifs is 1. The van der Waals surface area contributed by atoms with Crippen molar-refractivity contribution in [3.8, 4) is 0 Å². The molecular formula is C21H24FN3O3. The highest BCUT2D eigenvalue weighted by molar-refractivity contribution is 6.31. The third-order valence-corrected chi connectivity index (χ3v) is 5.92. The Hall–Kier alpha value is -2.67. The maximum Gasteiger partial charge on any atom is 0.256 e. The normalized spacial score (nSPS) is 30.4. The molecular weight excluding hydrogens is 361 g/mol. The Bertz CT molecular complexity index is 908. The van der Waals surface area contributed by atoms with Gasteiger partial charge in [-0.2, -0.15) is 0 Å². The molecule has 2 aliphatic heterocycles. The lowest BCUT2D eigenvalue weighted by atomic mass is 9.94. The summed E-state index contributed by atoms with van der Waals surface area (Å²) in [5, 5.41) is 18.9. The average Bonchev–Trinajstić information content (AvgIpc) is 3.26. The third-order valence-electron chi connectivity index (χ3n) is 5.92. The zero-order valence-corrected chi connectivity index (χ0v) is 15.9. The summed E-state index contributed by atoms with van der Waals surface area (Å²) >= 11 is 0. The highest BCUT2D eigenvalue weighted by Crippen LogP contribution is 2.35. The number of nitrogens with one attached hydrogen (secondary N) is 3. The van der Waals surface area contributed by atoms with Crippen molar-refractivity contribution in [3.05, 3.63) is 46.9 Å². The summed E-state index contributed by atoms with van der Waals surface area (Å²) in [6.45, 7) is 3.77. The summed E-state index contributed by atoms with van der Waals surface area (Å²) in [5.41, 5.74) is 2.98. The Balaban J connectivity index is 1.60. The second-order valence-electron chi connectivity index (χ2n) is 7.82. The molecule has 2 heterocycles. The number of allylic oxidation sites excluding steroid dienone is 1. The number of hydrogen-bond donors (Lipinski definition) is 4. The molecule has 0 saturated heterocycles. The van der Waals surface area contributed by atoms with Gasteiger partial charge in [-0.3, -0.25) is 9.59 Å². The molecule has 1 fully saturated rings. The SMILES string of the molecule is CC1=C(/C=C2\C(=O)Nc3ccc(F)cc32)NC(C)C1C(=O)N[C@H]1CCC[C@H]1O. The zero-order valence-electron chi connectivity index (χ0n) is 15.9. The summed E-state index contributed by atoms with van der Waals surface area (Å²) < 4.78 is 13.6. The van der Waals surface area contributed by atoms with Gasteiger partial charge in [0.2, 0.25) is 5.91 Å². The van der Waals surface area contributed by atoms with E-state index in [1.807, 2.05) is 13.8 Å². The first-order valence-corrected chi connectivity index (χ1v) is 9.64. The second kappa shape index (κ2) is 7.05. The summed E-state index contributed by atoms with van der Waals surface area (Å²) in [6, 6.07) is 3.82. The van der Waals surface area contributed by atoms with Crippen molar-refractivity contribution in [2.45, 2.75) is 51.3 Å². The standard InChI is InChI=1S/C21H24FN3O3/c1-10-17(9-14-13-8-12(22)6-7-15(13)24-20(14)27)23-11(2)19(10)21(28)25-16-4-3-5-18(16)26/h6-9,11,16,18-19,23,26H,3-5H2,1-2H3,(H,24,27)(H,25,28)/b14-9-/t11?,16-,18+,19?/m0/s1. The topological polar surface area (TPSA) is 90.5 Å². The second-order valence-corrected chi connectivity index (χ2v) is 7.82. The van der Waals surface area contributed by atoms with Gasteiger partial charge >= 0.3 is 0 Å². The van der Waals surface area contributed by atoms with Crippen molar-refractivity contribution < 1.29 is 19.1 Å². The Kier molecular flexibility index (Phi) is 4.71. The molecule has 6 nitrogen and oxygen atoms in total. The lowest BCUT2D eigenvalue weighted by molar-refractivity contribution is -0.125. The molecule has 1 aliphatic carbocycles. The van der Waals surface area contributed by atoms with Crippen LogP contribution in [0.4, 0.5) is 10.1 Å². The van der Waals surface area contributed by atoms with Crippen molar-refractivity contribution in [1.82, 2.24) is 10.6 Å². The number of aliphatic hydroxyl groups excluding tert-OH is 1. The number of anilines is 1. The number of benzene rings is 1. The molecule has 0 radical (unpaired) electrons. The predicted octanol–water partition coefficient (Wildman–Crippen LogP) is 2.07. The highest BCUT2D eigenvalue weighted by Gasteiger charge is 2.37. The molecule has 28 heavy (non-hydrogen) atoms. The van der Waals surface area contributed by atoms with Gasteiger partial charge < -0.3 is 21.1 Å². The van der Waals surface area contributed by atoms with Crippen LogP contribution in [0.1, 0.15) is 38.7 Å². The van der Waals surface area contributed by atoms with Gasteiger partial charge in [-0.15, -0.1) is 0 Å². The fourth-order valence-corrected chi connectivity index (χ4v) is 4.39. The van der Waals surface area contributed by atoms with Crippen LogP contribution >= 0.6 is 0 Å². The zero-order chi connectivity index (χ0) is 20.0. The molecule has 0 bridgehead atoms. The summed E-state index contributed by atoms with van der Waals surface area (Å²) in [6.07, 6.45) is 3.59. The van der Waals surface area contributed by atoms with Crippen LogP contribution in [0.2, 0.25) is 0 Å². The Morgan fingerprint density at radius 1 is 1.36 bits per heavy atom. The van der Waals surface area contributed by atoms with Crippen molar-refractivity contribution in [2.24, 2.45) is 5.92 Å². The minimum absolute atomic E-state index is 0.126. The maximum atomic E-state index is 13.6. The molecule has 1 aromatic carbocycles. The van der Waals surface area contributed by atoms with Gasteiger partial charge in [0.05, 0.1) is 23.6 Å². The molecule has 2 amide bonds. The monoisotopic (exact) mass is 385 g/mol. The van der Waals surface area contributed by atoms with Crippen molar-refractivity contribution in [2.75, 3.05) is 5.32 Å². The van der Waals surface area contributed by atoms with Gasteiger partial charge in [0.25, 0.3) is 5.91 Å². The fraction of sp³-hybridized carbons (Fsp3) is 0.429. The Morgan fingerprint density at radius 3 is 2.86 bits per heavy atom. The number of hydrogen-bond acceptors (Lipinski definition) is 4. The lowest BCUT2D eigenvalue weighted by Crippen LogP contribution is -2.46. The van der Waals surface area contributed by atoms with E-state index in [1.54, 1.807) is 12.1 Å². The molecule has 0 spiro atoms. The average molecular weight is 385 g/mol. The maximum absolute atomic E-state index is 13.6. The van der Waals surface area contributed by atoms with Gasteiger partial charge in [0, 0.05) is 23.0 Å². The quantitative estimate of drug-likeness (QED) is 0.600. The van der Waals surface area contributed by atoms with Gasteiger partial charge in [-0.1, -0.05) is 0 Å². The van der Waals surface area contributed by atoms with Crippen LogP contribution in [0.5, 0.6) is 0 Å². The van der Waals surface area contributed by atoms with Crippen LogP contribution < -0.4 is 16.0 Å². The molecule has 1 saturated carbocycles. The van der Waals surface area contributed by atoms with Crippen LogP contribution in [-0.4, -0.2) is 35.1 Å². The first-order chi connectivity index (χ1) is 13.3. The Morgan fingerprint density at radius 2 is 2.14 bits per heavy atom. The van der Waals surface area contributed by atoms with E-state index in [0.717, 1.165) is 18.4 Å². The minimum atomic E-state index is -0.493. The van der Waals surface area contributed by atoms with E-state index in [2.05, 4.69) is 16.0 Å². The van der Waals surface area contributed by atoms with Gasteiger partial charge in [0.15, 0.2) is 0 Å². The number of rotatable bonds is 3. The van der Waals surface area contributed by atoms with E-state index >= 15 is 0 Å². The first-order valence-electron chi connectivity index (χ1n) is 9.64. The van der Waals surface area contributed by atoms with Crippen LogP contribution in [0.3, 0.4) is 0 Å². The van der Waals surface area contributed by atoms with E-state index in [1.165, 1.54) is 12.1 Å². The van der Waals surface area contributed by atoms with E-state index in [-0.39, 0.29) is 23.9 Å². The fourth-order valence-electron chi connectivity index (χ4n) is 4.39. The van der Waals surface area contributed by atoms with Crippen molar-refractivity contribution >= 4 is 23.1 Å². The molecule has 4 rings (SSSR count). The number of amides is 2. The van der Waals surface area contributed by atoms with E-state index in [9.17, 15) is 19.1 Å². The van der Waals surface area contributed by atoms with Gasteiger partial charge in [0.1, 0.15) is 5.82 Å². The van der Waals surface area contributed by atoms with Crippen LogP contribution in [0.15, 0.2) is 35.5 Å². The van der Waals surface area contributed by atoms with Gasteiger partial charge in [-0.25, -0.2) is 4.39 Å². The van der Waals surface area contributed by atoms with E-state index in [0.29, 0.717) is 28.9 Å². The number of carbonyl (C=O) groups is 2. The summed E-state index contributed by atoms with van der Waals surface area (Å²) in [7, 11) is 0. The third kappa shape index (κ3) is 3.20. The van der Waals surface area contributed by atoms with Crippen LogP contribution in [0, 0.1) is 11.7 Å². The number of carbonyl (C=O) groups excluding carboxylic acids is 2. The summed E-state index contributed by atoms with van der Waals surface area (Å²) in [5.74, 6) is -1.22. The predicted molar refractivity (Wildman–Crippen MR) is 104 cm³/mol. The first kappa shape index (κ1) is 18.7. The Labute approximate surface area is 162 Å². The molecule has 0 aromatic heterocycles. The lowest BCUT2D eigenvalue weighted by Gasteiger charge is -2.22. The largest absolute Gasteiger partial charge is 0.391 e. The molecule has 2 unspecified atom stereocenters. The molecule has 4 N–H and O–H groups in total. The summed E-state index contributed by atoms with van der Waals surface area (Å²) in [4.78, 5) is 25.2. The molecule has 7 heteroatoms. The van der Waals surface area contributed by atoms with Gasteiger partial charge in [-0.05, 0) is 63.0 Å². The van der Waals surface area contributed by atoms with E-state index < -0.39 is 17.8 Å². The highest BCUT2D eigenvalue weighted by atomic mass is 19.1. The number of halogens is 1. The van der Waals surface area contributed by atoms with Crippen molar-refractivity contribution in [3.63, 3.8) is 0 Å². The smallest absolute Gasteiger partial charge is 0.256 e. The van der Waals surface area contributed by atoms with Crippen LogP contribution in [-0.2, 0) is 9.59 Å². The van der Waals surface area contributed by atoms with Crippen molar-refractivity contribution in [1.29, 1.82) is 0 Å². The van der Waals surface area contributed by atoms with Crippen LogP contribution in [0.25, 0.3) is 5.57 Å².